The largest absolute Gasteiger partial charge is 0.356 e. The highest BCUT2D eigenvalue weighted by atomic mass is 127. The molecule has 2 aromatic rings. The standard InChI is InChI=1S/C16H21N5.HI/c1-3-17-16(18-10-14-11-19-20-12(14)2)21-9-8-13-6-4-5-7-15(13)21;/h4-7,11H,3,8-10H2,1-2H3,(H,17,18)(H,19,20);1H. The summed E-state index contributed by atoms with van der Waals surface area (Å²) in [5, 5.41) is 10.4. The zero-order chi connectivity index (χ0) is 14.7. The topological polar surface area (TPSA) is 56.3 Å². The van der Waals surface area contributed by atoms with Gasteiger partial charge in [-0.2, -0.15) is 5.10 Å². The first-order valence-electron chi connectivity index (χ1n) is 7.42. The predicted octanol–water partition coefficient (Wildman–Crippen LogP) is 2.86. The molecule has 0 radical (unpaired) electrons. The van der Waals surface area contributed by atoms with E-state index >= 15 is 0 Å². The van der Waals surface area contributed by atoms with Crippen LogP contribution in [0.2, 0.25) is 0 Å². The lowest BCUT2D eigenvalue weighted by atomic mass is 10.2. The maximum Gasteiger partial charge on any atom is 0.198 e. The Balaban J connectivity index is 0.00000176. The SMILES string of the molecule is CCNC(=NCc1cn[nH]c1C)N1CCc2ccccc21.I. The lowest BCUT2D eigenvalue weighted by Crippen LogP contribution is -2.40. The van der Waals surface area contributed by atoms with Crippen molar-refractivity contribution in [3.63, 3.8) is 0 Å². The van der Waals surface area contributed by atoms with Crippen molar-refractivity contribution in [2.75, 3.05) is 18.0 Å². The Hall–Kier alpha value is -1.57. The van der Waals surface area contributed by atoms with Gasteiger partial charge in [0.05, 0.1) is 12.7 Å². The number of aliphatic imine (C=N–C) groups is 1. The molecule has 118 valence electrons. The van der Waals surface area contributed by atoms with Gasteiger partial charge in [-0.05, 0) is 31.9 Å². The number of halogens is 1. The summed E-state index contributed by atoms with van der Waals surface area (Å²) in [5.74, 6) is 0.947. The predicted molar refractivity (Wildman–Crippen MR) is 101 cm³/mol. The Morgan fingerprint density at radius 2 is 2.23 bits per heavy atom. The van der Waals surface area contributed by atoms with Crippen LogP contribution < -0.4 is 10.2 Å². The molecule has 0 saturated heterocycles. The van der Waals surface area contributed by atoms with Crippen LogP contribution in [0.5, 0.6) is 0 Å². The lowest BCUT2D eigenvalue weighted by Gasteiger charge is -2.22. The van der Waals surface area contributed by atoms with E-state index in [1.807, 2.05) is 13.1 Å². The summed E-state index contributed by atoms with van der Waals surface area (Å²) in [6.45, 7) is 6.61. The summed E-state index contributed by atoms with van der Waals surface area (Å²) in [5.41, 5.74) is 4.87. The van der Waals surface area contributed by atoms with E-state index in [2.05, 4.69) is 51.6 Å². The van der Waals surface area contributed by atoms with Crippen molar-refractivity contribution in [3.8, 4) is 0 Å². The molecule has 1 aliphatic rings. The van der Waals surface area contributed by atoms with E-state index in [-0.39, 0.29) is 24.0 Å². The summed E-state index contributed by atoms with van der Waals surface area (Å²) in [7, 11) is 0. The summed E-state index contributed by atoms with van der Waals surface area (Å²) in [6.07, 6.45) is 2.92. The summed E-state index contributed by atoms with van der Waals surface area (Å²) in [6, 6.07) is 8.54. The van der Waals surface area contributed by atoms with E-state index in [1.165, 1.54) is 11.3 Å². The summed E-state index contributed by atoms with van der Waals surface area (Å²) >= 11 is 0. The summed E-state index contributed by atoms with van der Waals surface area (Å²) in [4.78, 5) is 7.04. The van der Waals surface area contributed by atoms with Crippen molar-refractivity contribution in [1.29, 1.82) is 0 Å². The maximum atomic E-state index is 4.77. The fourth-order valence-corrected chi connectivity index (χ4v) is 2.65. The molecule has 0 fully saturated rings. The molecule has 0 aliphatic carbocycles. The average Bonchev–Trinajstić information content (AvgIpc) is 3.10. The normalized spacial score (nSPS) is 13.7. The van der Waals surface area contributed by atoms with Crippen LogP contribution in [0, 0.1) is 6.92 Å². The van der Waals surface area contributed by atoms with Gasteiger partial charge in [0.2, 0.25) is 0 Å². The number of para-hydroxylation sites is 1. The Labute approximate surface area is 148 Å². The number of H-pyrrole nitrogens is 1. The molecule has 2 N–H and O–H groups in total. The summed E-state index contributed by atoms with van der Waals surface area (Å²) < 4.78 is 0. The Bertz CT molecular complexity index is 649. The highest BCUT2D eigenvalue weighted by molar-refractivity contribution is 14.0. The van der Waals surface area contributed by atoms with Crippen LogP contribution in [0.1, 0.15) is 23.7 Å². The number of nitrogens with zero attached hydrogens (tertiary/aromatic N) is 3. The fraction of sp³-hybridized carbons (Fsp3) is 0.375. The van der Waals surface area contributed by atoms with E-state index in [4.69, 9.17) is 4.99 Å². The number of aryl methyl sites for hydroxylation is 1. The number of guanidine groups is 1. The van der Waals surface area contributed by atoms with Crippen LogP contribution >= 0.6 is 24.0 Å². The van der Waals surface area contributed by atoms with Gasteiger partial charge in [-0.1, -0.05) is 18.2 Å². The maximum absolute atomic E-state index is 4.77. The van der Waals surface area contributed by atoms with Crippen LogP contribution in [0.4, 0.5) is 5.69 Å². The van der Waals surface area contributed by atoms with E-state index in [0.29, 0.717) is 6.54 Å². The zero-order valence-electron chi connectivity index (χ0n) is 13.0. The van der Waals surface area contributed by atoms with Crippen LogP contribution in [0.3, 0.4) is 0 Å². The van der Waals surface area contributed by atoms with E-state index in [0.717, 1.165) is 36.7 Å². The van der Waals surface area contributed by atoms with Crippen molar-refractivity contribution in [2.45, 2.75) is 26.8 Å². The number of hydrogen-bond acceptors (Lipinski definition) is 2. The molecule has 22 heavy (non-hydrogen) atoms. The molecule has 6 heteroatoms. The number of benzene rings is 1. The van der Waals surface area contributed by atoms with Gasteiger partial charge in [-0.15, -0.1) is 24.0 Å². The molecular weight excluding hydrogens is 389 g/mol. The van der Waals surface area contributed by atoms with Crippen molar-refractivity contribution >= 4 is 35.6 Å². The molecule has 3 rings (SSSR count). The zero-order valence-corrected chi connectivity index (χ0v) is 15.3. The van der Waals surface area contributed by atoms with Crippen molar-refractivity contribution in [1.82, 2.24) is 15.5 Å². The van der Waals surface area contributed by atoms with Gasteiger partial charge in [-0.25, -0.2) is 4.99 Å². The Morgan fingerprint density at radius 3 is 2.95 bits per heavy atom. The molecule has 0 unspecified atom stereocenters. The van der Waals surface area contributed by atoms with E-state index in [1.54, 1.807) is 0 Å². The van der Waals surface area contributed by atoms with Crippen molar-refractivity contribution in [3.05, 3.63) is 47.3 Å². The molecular formula is C16H22IN5. The molecule has 1 aromatic carbocycles. The molecule has 0 saturated carbocycles. The second-order valence-corrected chi connectivity index (χ2v) is 5.22. The smallest absolute Gasteiger partial charge is 0.198 e. The quantitative estimate of drug-likeness (QED) is 0.464. The van der Waals surface area contributed by atoms with Crippen LogP contribution in [0.15, 0.2) is 35.5 Å². The van der Waals surface area contributed by atoms with E-state index in [9.17, 15) is 0 Å². The molecule has 2 heterocycles. The average molecular weight is 411 g/mol. The number of fused-ring (bicyclic) bond motifs is 1. The number of hydrogen-bond donors (Lipinski definition) is 2. The van der Waals surface area contributed by atoms with Gasteiger partial charge in [0, 0.05) is 30.0 Å². The number of rotatable bonds is 3. The molecule has 1 aromatic heterocycles. The Kier molecular flexibility index (Phi) is 5.82. The molecule has 0 bridgehead atoms. The molecule has 0 amide bonds. The van der Waals surface area contributed by atoms with E-state index < -0.39 is 0 Å². The monoisotopic (exact) mass is 411 g/mol. The lowest BCUT2D eigenvalue weighted by molar-refractivity contribution is 0.881. The molecule has 0 spiro atoms. The number of anilines is 1. The first-order chi connectivity index (χ1) is 10.3. The first-order valence-corrected chi connectivity index (χ1v) is 7.42. The van der Waals surface area contributed by atoms with Gasteiger partial charge in [0.15, 0.2) is 5.96 Å². The van der Waals surface area contributed by atoms with Gasteiger partial charge in [-0.3, -0.25) is 5.10 Å². The highest BCUT2D eigenvalue weighted by Gasteiger charge is 2.22. The molecule has 1 aliphatic heterocycles. The third kappa shape index (κ3) is 3.43. The molecule has 0 atom stereocenters. The minimum absolute atomic E-state index is 0. The minimum Gasteiger partial charge on any atom is -0.356 e. The van der Waals surface area contributed by atoms with Crippen LogP contribution in [0.25, 0.3) is 0 Å². The second-order valence-electron chi connectivity index (χ2n) is 5.22. The van der Waals surface area contributed by atoms with Gasteiger partial charge in [0.1, 0.15) is 0 Å². The van der Waals surface area contributed by atoms with Gasteiger partial charge < -0.3 is 10.2 Å². The van der Waals surface area contributed by atoms with Gasteiger partial charge in [0.25, 0.3) is 0 Å². The second kappa shape index (κ2) is 7.62. The minimum atomic E-state index is 0. The van der Waals surface area contributed by atoms with Crippen LogP contribution in [-0.2, 0) is 13.0 Å². The Morgan fingerprint density at radius 1 is 1.41 bits per heavy atom. The third-order valence-electron chi connectivity index (χ3n) is 3.81. The highest BCUT2D eigenvalue weighted by Crippen LogP contribution is 2.27. The first kappa shape index (κ1) is 16.8. The number of nitrogens with one attached hydrogen (secondary N) is 2. The van der Waals surface area contributed by atoms with Gasteiger partial charge >= 0.3 is 0 Å². The number of aromatic amines is 1. The number of aromatic nitrogens is 2. The van der Waals surface area contributed by atoms with Crippen molar-refractivity contribution < 1.29 is 0 Å². The fourth-order valence-electron chi connectivity index (χ4n) is 2.65. The van der Waals surface area contributed by atoms with Crippen molar-refractivity contribution in [2.24, 2.45) is 4.99 Å². The third-order valence-corrected chi connectivity index (χ3v) is 3.81. The van der Waals surface area contributed by atoms with Crippen LogP contribution in [-0.4, -0.2) is 29.2 Å². The molecule has 5 nitrogen and oxygen atoms in total.